The standard InChI is InChI=1S/C16H23N3O4/c1-10(11-5-3-2-4-6-11)19-16(23)12(17)7-8-14(20)13(18)9-15(21)22/h2-6,10,12-13H,7-9,17-18H2,1H3,(H,19,23)(H,21,22)/t10-,12?,13-/m1/s1. The number of carbonyl (C=O) groups is 3. The van der Waals surface area contributed by atoms with E-state index in [9.17, 15) is 14.4 Å². The lowest BCUT2D eigenvalue weighted by molar-refractivity contribution is -0.139. The Morgan fingerprint density at radius 2 is 1.74 bits per heavy atom. The van der Waals surface area contributed by atoms with E-state index in [4.69, 9.17) is 16.6 Å². The average Bonchev–Trinajstić information content (AvgIpc) is 2.52. The Morgan fingerprint density at radius 1 is 1.13 bits per heavy atom. The number of nitrogens with two attached hydrogens (primary N) is 2. The summed E-state index contributed by atoms with van der Waals surface area (Å²) in [6, 6.07) is 7.32. The second kappa shape index (κ2) is 9.02. The van der Waals surface area contributed by atoms with Crippen LogP contribution in [-0.2, 0) is 14.4 Å². The predicted molar refractivity (Wildman–Crippen MR) is 85.4 cm³/mol. The van der Waals surface area contributed by atoms with Crippen molar-refractivity contribution in [3.05, 3.63) is 35.9 Å². The fourth-order valence-electron chi connectivity index (χ4n) is 2.06. The third-order valence-corrected chi connectivity index (χ3v) is 3.50. The summed E-state index contributed by atoms with van der Waals surface area (Å²) in [5, 5.41) is 11.4. The maximum Gasteiger partial charge on any atom is 0.305 e. The molecule has 1 aromatic rings. The Morgan fingerprint density at radius 3 is 2.30 bits per heavy atom. The highest BCUT2D eigenvalue weighted by Gasteiger charge is 2.21. The molecule has 0 aromatic heterocycles. The van der Waals surface area contributed by atoms with E-state index >= 15 is 0 Å². The van der Waals surface area contributed by atoms with E-state index in [0.717, 1.165) is 5.56 Å². The molecular weight excluding hydrogens is 298 g/mol. The molecule has 1 rings (SSSR count). The van der Waals surface area contributed by atoms with Crippen LogP contribution in [0.1, 0.15) is 37.8 Å². The number of hydrogen-bond acceptors (Lipinski definition) is 5. The Labute approximate surface area is 135 Å². The van der Waals surface area contributed by atoms with Crippen LogP contribution in [0.15, 0.2) is 30.3 Å². The average molecular weight is 321 g/mol. The quantitative estimate of drug-likeness (QED) is 0.518. The van der Waals surface area contributed by atoms with Crippen molar-refractivity contribution in [2.45, 2.75) is 44.3 Å². The molecule has 1 unspecified atom stereocenters. The Kier molecular flexibility index (Phi) is 7.37. The number of aliphatic carboxylic acids is 1. The molecule has 7 nitrogen and oxygen atoms in total. The summed E-state index contributed by atoms with van der Waals surface area (Å²) in [6.07, 6.45) is -0.326. The molecule has 0 spiro atoms. The van der Waals surface area contributed by atoms with Crippen LogP contribution in [0, 0.1) is 0 Å². The maximum atomic E-state index is 12.0. The molecule has 1 aromatic carbocycles. The van der Waals surface area contributed by atoms with Crippen LogP contribution in [0.25, 0.3) is 0 Å². The number of carbonyl (C=O) groups excluding carboxylic acids is 2. The summed E-state index contributed by atoms with van der Waals surface area (Å²) in [5.41, 5.74) is 12.2. The van der Waals surface area contributed by atoms with Crippen LogP contribution in [0.4, 0.5) is 0 Å². The first-order chi connectivity index (χ1) is 10.8. The van der Waals surface area contributed by atoms with E-state index in [1.54, 1.807) is 0 Å². The molecule has 23 heavy (non-hydrogen) atoms. The van der Waals surface area contributed by atoms with Crippen LogP contribution in [-0.4, -0.2) is 34.8 Å². The van der Waals surface area contributed by atoms with Gasteiger partial charge in [-0.25, -0.2) is 0 Å². The van der Waals surface area contributed by atoms with Gasteiger partial charge in [-0.05, 0) is 18.9 Å². The smallest absolute Gasteiger partial charge is 0.305 e. The zero-order valence-electron chi connectivity index (χ0n) is 13.1. The minimum absolute atomic E-state index is 0.0250. The van der Waals surface area contributed by atoms with Crippen molar-refractivity contribution in [2.24, 2.45) is 11.5 Å². The number of amides is 1. The summed E-state index contributed by atoms with van der Waals surface area (Å²) < 4.78 is 0. The van der Waals surface area contributed by atoms with Crippen LogP contribution >= 0.6 is 0 Å². The van der Waals surface area contributed by atoms with Gasteiger partial charge < -0.3 is 21.9 Å². The minimum Gasteiger partial charge on any atom is -0.481 e. The molecule has 1 amide bonds. The lowest BCUT2D eigenvalue weighted by atomic mass is 10.0. The van der Waals surface area contributed by atoms with Crippen molar-refractivity contribution in [3.63, 3.8) is 0 Å². The number of ketones is 1. The topological polar surface area (TPSA) is 136 Å². The summed E-state index contributed by atoms with van der Waals surface area (Å²) >= 11 is 0. The van der Waals surface area contributed by atoms with Gasteiger partial charge in [-0.1, -0.05) is 30.3 Å². The molecular formula is C16H23N3O4. The molecule has 0 aliphatic heterocycles. The van der Waals surface area contributed by atoms with Gasteiger partial charge in [0.05, 0.1) is 24.5 Å². The zero-order valence-corrected chi connectivity index (χ0v) is 13.1. The van der Waals surface area contributed by atoms with Crippen LogP contribution < -0.4 is 16.8 Å². The Bertz CT molecular complexity index is 548. The van der Waals surface area contributed by atoms with Gasteiger partial charge in [-0.3, -0.25) is 14.4 Å². The van der Waals surface area contributed by atoms with E-state index < -0.39 is 30.3 Å². The van der Waals surface area contributed by atoms with E-state index in [1.807, 2.05) is 37.3 Å². The molecule has 0 bridgehead atoms. The van der Waals surface area contributed by atoms with Crippen LogP contribution in [0.3, 0.4) is 0 Å². The molecule has 6 N–H and O–H groups in total. The highest BCUT2D eigenvalue weighted by molar-refractivity contribution is 5.88. The fourth-order valence-corrected chi connectivity index (χ4v) is 2.06. The molecule has 7 heteroatoms. The third kappa shape index (κ3) is 6.58. The molecule has 0 radical (unpaired) electrons. The number of nitrogens with one attached hydrogen (secondary N) is 1. The molecule has 0 heterocycles. The van der Waals surface area contributed by atoms with E-state index in [-0.39, 0.29) is 24.8 Å². The van der Waals surface area contributed by atoms with Gasteiger partial charge in [0.1, 0.15) is 5.78 Å². The number of hydrogen-bond donors (Lipinski definition) is 4. The molecule has 0 aliphatic carbocycles. The first-order valence-corrected chi connectivity index (χ1v) is 7.42. The number of Topliss-reactive ketones (excluding diaryl/α,β-unsaturated/α-hetero) is 1. The molecule has 126 valence electrons. The van der Waals surface area contributed by atoms with Gasteiger partial charge in [0.15, 0.2) is 0 Å². The van der Waals surface area contributed by atoms with Gasteiger partial charge >= 0.3 is 5.97 Å². The number of benzene rings is 1. The van der Waals surface area contributed by atoms with Crippen molar-refractivity contribution in [1.29, 1.82) is 0 Å². The van der Waals surface area contributed by atoms with Crippen molar-refractivity contribution < 1.29 is 19.5 Å². The third-order valence-electron chi connectivity index (χ3n) is 3.50. The molecule has 0 saturated carbocycles. The van der Waals surface area contributed by atoms with Crippen molar-refractivity contribution in [3.8, 4) is 0 Å². The summed E-state index contributed by atoms with van der Waals surface area (Å²) in [4.78, 5) is 34.2. The first kappa shape index (κ1) is 18.8. The predicted octanol–water partition coefficient (Wildman–Crippen LogP) is 0.342. The number of carboxylic acid groups (broad SMARTS) is 1. The van der Waals surface area contributed by atoms with Gasteiger partial charge in [-0.2, -0.15) is 0 Å². The summed E-state index contributed by atoms with van der Waals surface area (Å²) in [7, 11) is 0. The second-order valence-electron chi connectivity index (χ2n) is 5.46. The molecule has 3 atom stereocenters. The summed E-state index contributed by atoms with van der Waals surface area (Å²) in [5.74, 6) is -1.91. The monoisotopic (exact) mass is 321 g/mol. The second-order valence-corrected chi connectivity index (χ2v) is 5.46. The fraction of sp³-hybridized carbons (Fsp3) is 0.438. The highest BCUT2D eigenvalue weighted by atomic mass is 16.4. The largest absolute Gasteiger partial charge is 0.481 e. The molecule has 0 saturated heterocycles. The first-order valence-electron chi connectivity index (χ1n) is 7.42. The van der Waals surface area contributed by atoms with Crippen LogP contribution in [0.2, 0.25) is 0 Å². The number of rotatable bonds is 9. The lowest BCUT2D eigenvalue weighted by Gasteiger charge is -2.18. The van der Waals surface area contributed by atoms with Gasteiger partial charge in [0.25, 0.3) is 0 Å². The maximum absolute atomic E-state index is 12.0. The normalized spacial score (nSPS) is 14.6. The highest BCUT2D eigenvalue weighted by Crippen LogP contribution is 2.11. The van der Waals surface area contributed by atoms with Crippen molar-refractivity contribution in [2.75, 3.05) is 0 Å². The Hall–Kier alpha value is -2.25. The van der Waals surface area contributed by atoms with Crippen LogP contribution in [0.5, 0.6) is 0 Å². The number of carboxylic acids is 1. The minimum atomic E-state index is -1.13. The summed E-state index contributed by atoms with van der Waals surface area (Å²) in [6.45, 7) is 1.84. The van der Waals surface area contributed by atoms with E-state index in [1.165, 1.54) is 0 Å². The van der Waals surface area contributed by atoms with Gasteiger partial charge in [0.2, 0.25) is 5.91 Å². The van der Waals surface area contributed by atoms with E-state index in [0.29, 0.717) is 0 Å². The van der Waals surface area contributed by atoms with Gasteiger partial charge in [-0.15, -0.1) is 0 Å². The zero-order chi connectivity index (χ0) is 17.4. The van der Waals surface area contributed by atoms with E-state index in [2.05, 4.69) is 5.32 Å². The lowest BCUT2D eigenvalue weighted by Crippen LogP contribution is -2.42. The van der Waals surface area contributed by atoms with Crippen molar-refractivity contribution in [1.82, 2.24) is 5.32 Å². The van der Waals surface area contributed by atoms with Gasteiger partial charge in [0, 0.05) is 6.42 Å². The van der Waals surface area contributed by atoms with Crippen molar-refractivity contribution >= 4 is 17.7 Å². The molecule has 0 aliphatic rings. The Balaban J connectivity index is 2.42. The molecule has 0 fully saturated rings. The SMILES string of the molecule is C[C@@H](NC(=O)C(N)CCC(=O)[C@H](N)CC(=O)O)c1ccccc1.